The van der Waals surface area contributed by atoms with Crippen molar-refractivity contribution >= 4 is 35.3 Å². The molecule has 17 nitrogen and oxygen atoms in total. The molecule has 6 rings (SSSR count). The van der Waals surface area contributed by atoms with Crippen LogP contribution in [-0.4, -0.2) is 163 Å². The Morgan fingerprint density at radius 2 is 0.678 bits per heavy atom. The molecule has 0 spiro atoms. The molecular weight excluding hydrogens is 1140 g/mol. The van der Waals surface area contributed by atoms with E-state index in [1.807, 2.05) is 78.5 Å². The Morgan fingerprint density at radius 1 is 0.356 bits per heavy atom. The average molecular weight is 1240 g/mol. The van der Waals surface area contributed by atoms with Crippen LogP contribution in [0.5, 0.6) is 17.2 Å². The number of esters is 3. The van der Waals surface area contributed by atoms with Crippen LogP contribution in [0.1, 0.15) is 127 Å². The van der Waals surface area contributed by atoms with Crippen molar-refractivity contribution in [3.8, 4) is 17.2 Å². The van der Waals surface area contributed by atoms with Crippen molar-refractivity contribution < 1.29 is 71.4 Å². The Kier molecular flexibility index (Phi) is 31.4. The fourth-order valence-corrected chi connectivity index (χ4v) is 9.44. The SMILES string of the molecule is CC(CCCOc1ccc(C(=O)c2ccccc2)cc1)CCC(=O)OC(C)COCC(COCC(C)OC(=O)CCN(C)CCCOc1ccc(C(=O)c2ccccc2)cc1)OCC(C)OC(=O)CCN(C)CCCOc1ccc(C(=O)c2ccccc2)cc1. The highest BCUT2D eigenvalue weighted by Crippen LogP contribution is 2.21. The van der Waals surface area contributed by atoms with Crippen molar-refractivity contribution in [1.82, 2.24) is 9.80 Å². The number of hydrogen-bond acceptors (Lipinski definition) is 17. The number of rotatable bonds is 44. The van der Waals surface area contributed by atoms with Gasteiger partial charge in [-0.25, -0.2) is 0 Å². The van der Waals surface area contributed by atoms with Gasteiger partial charge in [0.05, 0.1) is 65.7 Å². The summed E-state index contributed by atoms with van der Waals surface area (Å²) in [6.07, 6.45) is 2.13. The molecule has 17 heteroatoms. The van der Waals surface area contributed by atoms with E-state index in [-0.39, 0.29) is 93.5 Å². The van der Waals surface area contributed by atoms with Crippen LogP contribution in [0.15, 0.2) is 164 Å². The smallest absolute Gasteiger partial charge is 0.307 e. The largest absolute Gasteiger partial charge is 0.494 e. The number of hydrogen-bond donors (Lipinski definition) is 0. The Labute approximate surface area is 531 Å². The molecule has 0 saturated carbocycles. The Morgan fingerprint density at radius 3 is 1.04 bits per heavy atom. The molecule has 0 bridgehead atoms. The van der Waals surface area contributed by atoms with Gasteiger partial charge in [-0.2, -0.15) is 0 Å². The summed E-state index contributed by atoms with van der Waals surface area (Å²) >= 11 is 0. The van der Waals surface area contributed by atoms with Crippen LogP contribution in [0.3, 0.4) is 0 Å². The van der Waals surface area contributed by atoms with Gasteiger partial charge in [0.15, 0.2) is 17.3 Å². The zero-order chi connectivity index (χ0) is 64.3. The van der Waals surface area contributed by atoms with E-state index in [0.717, 1.165) is 25.7 Å². The van der Waals surface area contributed by atoms with Gasteiger partial charge in [-0.3, -0.25) is 28.8 Å². The first-order chi connectivity index (χ1) is 43.6. The van der Waals surface area contributed by atoms with Gasteiger partial charge in [0, 0.05) is 66.0 Å². The van der Waals surface area contributed by atoms with Crippen molar-refractivity contribution in [3.05, 3.63) is 197 Å². The first kappa shape index (κ1) is 71.0. The van der Waals surface area contributed by atoms with Crippen molar-refractivity contribution in [3.63, 3.8) is 0 Å². The molecule has 0 aliphatic heterocycles. The summed E-state index contributed by atoms with van der Waals surface area (Å²) in [4.78, 5) is 81.0. The highest BCUT2D eigenvalue weighted by atomic mass is 16.6. The van der Waals surface area contributed by atoms with Gasteiger partial charge in [-0.1, -0.05) is 97.9 Å². The number of carbonyl (C=O) groups is 6. The second kappa shape index (κ2) is 39.8. The molecule has 5 unspecified atom stereocenters. The molecule has 0 saturated heterocycles. The van der Waals surface area contributed by atoms with E-state index in [1.165, 1.54) is 0 Å². The normalized spacial score (nSPS) is 12.9. The summed E-state index contributed by atoms with van der Waals surface area (Å²) in [5, 5.41) is 0. The summed E-state index contributed by atoms with van der Waals surface area (Å²) in [6, 6.07) is 48.8. The number of ether oxygens (including phenoxy) is 9. The zero-order valence-electron chi connectivity index (χ0n) is 53.1. The van der Waals surface area contributed by atoms with E-state index in [2.05, 4.69) is 6.92 Å². The van der Waals surface area contributed by atoms with Crippen LogP contribution in [0.2, 0.25) is 0 Å². The van der Waals surface area contributed by atoms with Crippen LogP contribution in [-0.2, 0) is 42.8 Å². The highest BCUT2D eigenvalue weighted by molar-refractivity contribution is 6.10. The summed E-state index contributed by atoms with van der Waals surface area (Å²) < 4.78 is 53.0. The molecule has 482 valence electrons. The number of benzene rings is 6. The predicted molar refractivity (Wildman–Crippen MR) is 345 cm³/mol. The minimum atomic E-state index is -0.603. The topological polar surface area (TPSA) is 192 Å². The van der Waals surface area contributed by atoms with Gasteiger partial charge in [0.1, 0.15) is 41.7 Å². The maximum Gasteiger partial charge on any atom is 0.307 e. The van der Waals surface area contributed by atoms with Crippen molar-refractivity contribution in [1.29, 1.82) is 0 Å². The van der Waals surface area contributed by atoms with Crippen LogP contribution >= 0.6 is 0 Å². The summed E-state index contributed by atoms with van der Waals surface area (Å²) in [6.45, 7) is 11.6. The lowest BCUT2D eigenvalue weighted by atomic mass is 10.0. The van der Waals surface area contributed by atoms with Crippen LogP contribution in [0.4, 0.5) is 0 Å². The predicted octanol–water partition coefficient (Wildman–Crippen LogP) is 11.8. The molecular formula is C73H90N2O15. The lowest BCUT2D eigenvalue weighted by Gasteiger charge is -2.23. The molecule has 90 heavy (non-hydrogen) atoms. The molecule has 0 amide bonds. The summed E-state index contributed by atoms with van der Waals surface area (Å²) in [5.74, 6) is 1.14. The molecule has 0 fully saturated rings. The molecule has 0 heterocycles. The Bertz CT molecular complexity index is 2920. The minimum absolute atomic E-state index is 0.0378. The highest BCUT2D eigenvalue weighted by Gasteiger charge is 2.20. The monoisotopic (exact) mass is 1230 g/mol. The molecule has 0 radical (unpaired) electrons. The Hall–Kier alpha value is -8.06. The summed E-state index contributed by atoms with van der Waals surface area (Å²) in [5.41, 5.74) is 3.69. The van der Waals surface area contributed by atoms with Gasteiger partial charge in [-0.05, 0) is 146 Å². The van der Waals surface area contributed by atoms with Crippen LogP contribution in [0.25, 0.3) is 0 Å². The van der Waals surface area contributed by atoms with Crippen molar-refractivity contribution in [2.45, 2.75) is 103 Å². The second-order valence-corrected chi connectivity index (χ2v) is 22.7. The van der Waals surface area contributed by atoms with E-state index in [1.54, 1.807) is 130 Å². The Balaban J connectivity index is 0.858. The number of ketones is 3. The first-order valence-corrected chi connectivity index (χ1v) is 31.3. The maximum atomic E-state index is 12.9. The van der Waals surface area contributed by atoms with E-state index >= 15 is 0 Å². The fraction of sp³-hybridized carbons (Fsp3) is 0.425. The molecule has 0 N–H and O–H groups in total. The molecule has 0 aromatic heterocycles. The van der Waals surface area contributed by atoms with Gasteiger partial charge >= 0.3 is 17.9 Å². The number of nitrogens with zero attached hydrogens (tertiary/aromatic N) is 2. The maximum absolute atomic E-state index is 12.9. The van der Waals surface area contributed by atoms with Crippen molar-refractivity contribution in [2.75, 3.05) is 93.1 Å². The van der Waals surface area contributed by atoms with Crippen LogP contribution < -0.4 is 14.2 Å². The third-order valence-electron chi connectivity index (χ3n) is 14.6. The average Bonchev–Trinajstić information content (AvgIpc) is 2.45. The quantitative estimate of drug-likeness (QED) is 0.0152. The molecule has 5 atom stereocenters. The lowest BCUT2D eigenvalue weighted by Crippen LogP contribution is -2.33. The molecule has 6 aromatic rings. The summed E-state index contributed by atoms with van der Waals surface area (Å²) in [7, 11) is 3.86. The third-order valence-corrected chi connectivity index (χ3v) is 14.6. The minimum Gasteiger partial charge on any atom is -0.494 e. The first-order valence-electron chi connectivity index (χ1n) is 31.3. The van der Waals surface area contributed by atoms with Gasteiger partial charge < -0.3 is 52.4 Å². The van der Waals surface area contributed by atoms with Crippen LogP contribution in [0, 0.1) is 5.92 Å². The van der Waals surface area contributed by atoms with E-state index < -0.39 is 24.4 Å². The molecule has 6 aromatic carbocycles. The molecule has 0 aliphatic carbocycles. The zero-order valence-corrected chi connectivity index (χ0v) is 53.1. The molecule has 0 aliphatic rings. The van der Waals surface area contributed by atoms with Gasteiger partial charge in [0.25, 0.3) is 0 Å². The number of carbonyl (C=O) groups excluding carboxylic acids is 6. The standard InChI is InChI=1S/C73H90N2O15/c1-54(19-16-46-84-64-33-27-61(28-34-64)71(79)58-20-10-7-11-21-58)26-39-68(76)88-55(2)49-82-52-67(87-51-57(4)90-70(78)41-45-75(6)43-18-48-86-66-37-31-63(32-38-66)73(81)60-24-14-9-15-25-60)53-83-50-56(3)89-69(77)40-44-74(5)42-17-47-85-65-35-29-62(30-36-65)72(80)59-22-12-8-13-23-59/h7-15,20-25,27-38,54-57,67H,16-19,26,39-53H2,1-6H3. The second-order valence-electron chi connectivity index (χ2n) is 22.7. The fourth-order valence-electron chi connectivity index (χ4n) is 9.44. The third kappa shape index (κ3) is 27.4. The van der Waals surface area contributed by atoms with Gasteiger partial charge in [-0.15, -0.1) is 0 Å². The van der Waals surface area contributed by atoms with E-state index in [0.29, 0.717) is 103 Å². The van der Waals surface area contributed by atoms with Crippen molar-refractivity contribution in [2.24, 2.45) is 5.92 Å². The van der Waals surface area contributed by atoms with E-state index in [9.17, 15) is 28.8 Å². The van der Waals surface area contributed by atoms with Gasteiger partial charge in [0.2, 0.25) is 0 Å². The van der Waals surface area contributed by atoms with E-state index in [4.69, 9.17) is 42.6 Å². The lowest BCUT2D eigenvalue weighted by molar-refractivity contribution is -0.159.